The molecule has 202 valence electrons. The van der Waals surface area contributed by atoms with Gasteiger partial charge in [0.1, 0.15) is 23.5 Å². The Kier molecular flexibility index (Phi) is 6.85. The lowest BCUT2D eigenvalue weighted by Crippen LogP contribution is -2.54. The molecule has 1 fully saturated rings. The van der Waals surface area contributed by atoms with E-state index in [1.165, 1.54) is 0 Å². The van der Waals surface area contributed by atoms with Gasteiger partial charge in [0.2, 0.25) is 17.7 Å². The number of anilines is 1. The number of alkyl carbamates (subject to hydrolysis) is 1. The minimum absolute atomic E-state index is 0.115. The predicted molar refractivity (Wildman–Crippen MR) is 129 cm³/mol. The van der Waals surface area contributed by atoms with E-state index in [9.17, 15) is 32.3 Å². The topological polar surface area (TPSA) is 131 Å². The Morgan fingerprint density at radius 3 is 2.47 bits per heavy atom. The Morgan fingerprint density at radius 2 is 1.82 bits per heavy atom. The molecule has 12 heteroatoms. The Morgan fingerprint density at radius 1 is 1.16 bits per heavy atom. The highest BCUT2D eigenvalue weighted by Crippen LogP contribution is 2.46. The number of carbonyl (C=O) groups is 4. The van der Waals surface area contributed by atoms with E-state index in [4.69, 9.17) is 10.5 Å². The highest BCUT2D eigenvalue weighted by Gasteiger charge is 2.57. The van der Waals surface area contributed by atoms with Gasteiger partial charge < -0.3 is 26.0 Å². The number of nitrogens with one attached hydrogen (secondary N) is 2. The summed E-state index contributed by atoms with van der Waals surface area (Å²) < 4.78 is 47.1. The summed E-state index contributed by atoms with van der Waals surface area (Å²) in [5.41, 5.74) is 4.09. The van der Waals surface area contributed by atoms with Gasteiger partial charge in [-0.1, -0.05) is 18.2 Å². The maximum atomic E-state index is 14.5. The van der Waals surface area contributed by atoms with Gasteiger partial charge >= 0.3 is 6.09 Å². The van der Waals surface area contributed by atoms with Gasteiger partial charge in [-0.15, -0.1) is 0 Å². The number of nitrogens with zero attached hydrogens (tertiary/aromatic N) is 1. The van der Waals surface area contributed by atoms with E-state index in [0.29, 0.717) is 23.4 Å². The minimum Gasteiger partial charge on any atom is -0.444 e. The first-order chi connectivity index (χ1) is 17.7. The molecule has 4 amide bonds. The lowest BCUT2D eigenvalue weighted by atomic mass is 9.79. The Labute approximate surface area is 216 Å². The number of ether oxygens (including phenoxy) is 1. The summed E-state index contributed by atoms with van der Waals surface area (Å²) in [4.78, 5) is 53.0. The van der Waals surface area contributed by atoms with Gasteiger partial charge in [-0.05, 0) is 50.5 Å². The van der Waals surface area contributed by atoms with E-state index in [2.05, 4.69) is 10.6 Å². The van der Waals surface area contributed by atoms with Crippen molar-refractivity contribution in [2.45, 2.75) is 56.7 Å². The second-order valence-electron chi connectivity index (χ2n) is 10.4. The van der Waals surface area contributed by atoms with E-state index < -0.39 is 76.4 Å². The first-order valence-electron chi connectivity index (χ1n) is 11.9. The molecule has 0 bridgehead atoms. The molecule has 2 aliphatic heterocycles. The molecule has 1 spiro atoms. The summed E-state index contributed by atoms with van der Waals surface area (Å²) in [7, 11) is 0. The molecular formula is C26H27F3N4O5. The zero-order valence-electron chi connectivity index (χ0n) is 20.9. The van der Waals surface area contributed by atoms with Gasteiger partial charge in [0.25, 0.3) is 0 Å². The fourth-order valence-corrected chi connectivity index (χ4v) is 4.91. The van der Waals surface area contributed by atoms with Crippen molar-refractivity contribution in [1.29, 1.82) is 0 Å². The third-order valence-electron chi connectivity index (χ3n) is 6.60. The largest absolute Gasteiger partial charge is 0.444 e. The number of nitrogens with two attached hydrogens (primary N) is 1. The summed E-state index contributed by atoms with van der Waals surface area (Å²) in [6, 6.07) is 4.92. The molecule has 2 heterocycles. The number of likely N-dealkylation sites (tertiary alicyclic amines) is 1. The molecule has 4 N–H and O–H groups in total. The van der Waals surface area contributed by atoms with Crippen LogP contribution >= 0.6 is 0 Å². The van der Waals surface area contributed by atoms with Crippen LogP contribution in [-0.4, -0.2) is 52.9 Å². The summed E-state index contributed by atoms with van der Waals surface area (Å²) in [5, 5.41) is 5.09. The van der Waals surface area contributed by atoms with Crippen molar-refractivity contribution in [3.63, 3.8) is 0 Å². The second kappa shape index (κ2) is 9.66. The molecule has 0 aromatic heterocycles. The lowest BCUT2D eigenvalue weighted by molar-refractivity contribution is -0.139. The summed E-state index contributed by atoms with van der Waals surface area (Å²) in [6.45, 7) is 4.50. The molecule has 0 radical (unpaired) electrons. The maximum absolute atomic E-state index is 14.5. The van der Waals surface area contributed by atoms with E-state index >= 15 is 0 Å². The fourth-order valence-electron chi connectivity index (χ4n) is 4.91. The Hall–Kier alpha value is -4.09. The molecule has 0 unspecified atom stereocenters. The van der Waals surface area contributed by atoms with Crippen LogP contribution in [0, 0.1) is 17.5 Å². The fraction of sp³-hybridized carbons (Fsp3) is 0.385. The Bertz CT molecular complexity index is 1330. The van der Waals surface area contributed by atoms with Gasteiger partial charge in [-0.2, -0.15) is 0 Å². The molecular weight excluding hydrogens is 505 g/mol. The van der Waals surface area contributed by atoms with Crippen LogP contribution in [0.3, 0.4) is 0 Å². The van der Waals surface area contributed by atoms with E-state index in [-0.39, 0.29) is 13.0 Å². The van der Waals surface area contributed by atoms with Gasteiger partial charge in [0, 0.05) is 24.7 Å². The summed E-state index contributed by atoms with van der Waals surface area (Å²) >= 11 is 0. The van der Waals surface area contributed by atoms with Crippen LogP contribution in [0.1, 0.15) is 38.3 Å². The molecule has 3 atom stereocenters. The van der Waals surface area contributed by atoms with Gasteiger partial charge in [-0.3, -0.25) is 14.4 Å². The number of hydrogen-bond acceptors (Lipinski definition) is 5. The molecule has 1 saturated heterocycles. The van der Waals surface area contributed by atoms with Crippen LogP contribution in [0.4, 0.5) is 23.7 Å². The van der Waals surface area contributed by atoms with Crippen molar-refractivity contribution in [2.75, 3.05) is 11.9 Å². The number of benzene rings is 2. The molecule has 0 aliphatic carbocycles. The molecule has 9 nitrogen and oxygen atoms in total. The highest BCUT2D eigenvalue weighted by atomic mass is 19.2. The maximum Gasteiger partial charge on any atom is 0.408 e. The molecule has 2 aromatic rings. The molecule has 4 rings (SSSR count). The zero-order chi connectivity index (χ0) is 28.0. The third kappa shape index (κ3) is 5.02. The molecule has 38 heavy (non-hydrogen) atoms. The van der Waals surface area contributed by atoms with Crippen molar-refractivity contribution in [2.24, 2.45) is 5.73 Å². The first kappa shape index (κ1) is 27.0. The number of carbonyl (C=O) groups excluding carboxylic acids is 4. The lowest BCUT2D eigenvalue weighted by Gasteiger charge is -2.29. The molecule has 2 aliphatic rings. The van der Waals surface area contributed by atoms with Crippen LogP contribution in [0.25, 0.3) is 0 Å². The first-order valence-corrected chi connectivity index (χ1v) is 11.9. The number of fused-ring (bicyclic) bond motifs is 2. The van der Waals surface area contributed by atoms with Crippen molar-refractivity contribution in [3.05, 3.63) is 65.0 Å². The van der Waals surface area contributed by atoms with Crippen LogP contribution in [-0.2, 0) is 31.0 Å². The van der Waals surface area contributed by atoms with Gasteiger partial charge in [-0.25, -0.2) is 18.0 Å². The van der Waals surface area contributed by atoms with E-state index in [0.717, 1.165) is 4.90 Å². The number of amides is 4. The van der Waals surface area contributed by atoms with E-state index in [1.807, 2.05) is 0 Å². The number of hydrogen-bond donors (Lipinski definition) is 3. The van der Waals surface area contributed by atoms with E-state index in [1.54, 1.807) is 45.0 Å². The quantitative estimate of drug-likeness (QED) is 0.510. The average Bonchev–Trinajstić information content (AvgIpc) is 3.34. The van der Waals surface area contributed by atoms with Crippen LogP contribution in [0.5, 0.6) is 0 Å². The minimum atomic E-state index is -1.57. The van der Waals surface area contributed by atoms with Crippen molar-refractivity contribution in [3.8, 4) is 0 Å². The second-order valence-corrected chi connectivity index (χ2v) is 10.4. The third-order valence-corrected chi connectivity index (χ3v) is 6.60. The van der Waals surface area contributed by atoms with Crippen LogP contribution in [0.2, 0.25) is 0 Å². The van der Waals surface area contributed by atoms with Crippen molar-refractivity contribution >= 4 is 29.5 Å². The highest BCUT2D eigenvalue weighted by molar-refractivity contribution is 6.08. The van der Waals surface area contributed by atoms with Gasteiger partial charge in [0.05, 0.1) is 5.41 Å². The molecule has 0 saturated carbocycles. The smallest absolute Gasteiger partial charge is 0.408 e. The predicted octanol–water partition coefficient (Wildman–Crippen LogP) is 2.52. The van der Waals surface area contributed by atoms with Crippen molar-refractivity contribution < 1.29 is 37.1 Å². The molecule has 2 aromatic carbocycles. The standard InChI is InChI=1S/C26H27F3N4O5/c1-25(2,3)38-24(37)32-19(9-13-8-16(28)17(29)10-15(13)27)22(35)33-12-26(11-20(33)21(30)34)14-6-4-5-7-18(14)31-23(26)36/h4-8,10,19-20H,9,11-12H2,1-3H3,(H2,30,34)(H,31,36)(H,32,37)/t19-,20-,26-/m0/s1. The summed E-state index contributed by atoms with van der Waals surface area (Å²) in [6.07, 6.45) is -1.75. The zero-order valence-corrected chi connectivity index (χ0v) is 20.9. The number of primary amides is 1. The van der Waals surface area contributed by atoms with Crippen LogP contribution < -0.4 is 16.4 Å². The van der Waals surface area contributed by atoms with Crippen molar-refractivity contribution in [1.82, 2.24) is 10.2 Å². The monoisotopic (exact) mass is 532 g/mol. The summed E-state index contributed by atoms with van der Waals surface area (Å²) in [5.74, 6) is -6.10. The van der Waals surface area contributed by atoms with Gasteiger partial charge in [0.15, 0.2) is 11.6 Å². The Balaban J connectivity index is 1.70. The average molecular weight is 533 g/mol. The SMILES string of the molecule is CC(C)(C)OC(=O)N[C@@H](Cc1cc(F)c(F)cc1F)C(=O)N1C[C@]2(C[C@H]1C(N)=O)C(=O)Nc1ccccc12. The number of rotatable bonds is 5. The number of halogens is 3. The van der Waals surface area contributed by atoms with Crippen LogP contribution in [0.15, 0.2) is 36.4 Å². The number of para-hydroxylation sites is 1. The normalized spacial score (nSPS) is 21.2.